The Bertz CT molecular complexity index is 662. The predicted molar refractivity (Wildman–Crippen MR) is 87.1 cm³/mol. The highest BCUT2D eigenvalue weighted by atomic mass is 16.5. The van der Waals surface area contributed by atoms with Crippen LogP contribution in [-0.2, 0) is 4.79 Å². The van der Waals surface area contributed by atoms with Crippen molar-refractivity contribution in [2.45, 2.75) is 25.8 Å². The normalized spacial score (nSPS) is 17.2. The first-order valence-electron chi connectivity index (χ1n) is 7.90. The third kappa shape index (κ3) is 3.90. The molecule has 3 rings (SSSR count). The third-order valence-electron chi connectivity index (χ3n) is 3.95. The highest BCUT2D eigenvalue weighted by molar-refractivity contribution is 5.81. The number of nitrogens with zero attached hydrogens (tertiary/aromatic N) is 1. The number of hydrogen-bond acceptors (Lipinski definition) is 4. The molecule has 0 bridgehead atoms. The maximum Gasteiger partial charge on any atom is 0.237 e. The molecule has 23 heavy (non-hydrogen) atoms. The quantitative estimate of drug-likeness (QED) is 0.705. The van der Waals surface area contributed by atoms with Gasteiger partial charge >= 0.3 is 0 Å². The lowest BCUT2D eigenvalue weighted by atomic mass is 10.1. The number of aromatic nitrogens is 2. The first-order chi connectivity index (χ1) is 11.2. The molecule has 2 heterocycles. The fraction of sp³-hybridized carbons (Fsp3) is 0.412. The van der Waals surface area contributed by atoms with Crippen molar-refractivity contribution >= 4 is 5.91 Å². The van der Waals surface area contributed by atoms with Gasteiger partial charge in [-0.15, -0.1) is 0 Å². The highest BCUT2D eigenvalue weighted by Crippen LogP contribution is 2.24. The average molecular weight is 313 g/mol. The summed E-state index contributed by atoms with van der Waals surface area (Å²) >= 11 is 0. The second-order valence-electron chi connectivity index (χ2n) is 5.63. The summed E-state index contributed by atoms with van der Waals surface area (Å²) in [5.41, 5.74) is 2.98. The van der Waals surface area contributed by atoms with Crippen molar-refractivity contribution < 1.29 is 9.53 Å². The highest BCUT2D eigenvalue weighted by Gasteiger charge is 2.21. The van der Waals surface area contributed by atoms with E-state index in [2.05, 4.69) is 26.9 Å². The Morgan fingerprint density at radius 2 is 2.43 bits per heavy atom. The Labute approximate surface area is 135 Å². The van der Waals surface area contributed by atoms with Crippen molar-refractivity contribution in [3.05, 3.63) is 36.2 Å². The largest absolute Gasteiger partial charge is 0.492 e. The summed E-state index contributed by atoms with van der Waals surface area (Å²) in [7, 11) is 0. The molecule has 0 saturated carbocycles. The van der Waals surface area contributed by atoms with Crippen LogP contribution in [0, 0.1) is 13.0 Å². The molecule has 1 fully saturated rings. The zero-order valence-corrected chi connectivity index (χ0v) is 13.2. The van der Waals surface area contributed by atoms with E-state index in [1.54, 1.807) is 6.07 Å². The number of rotatable bonds is 6. The molecule has 1 aliphatic heterocycles. The number of carbonyl (C=O) groups excluding carboxylic acids is 1. The lowest BCUT2D eigenvalue weighted by Crippen LogP contribution is -2.41. The number of nitrogens with one attached hydrogen (secondary N) is 3. The van der Waals surface area contributed by atoms with E-state index in [1.165, 1.54) is 0 Å². The van der Waals surface area contributed by atoms with Crippen molar-refractivity contribution in [1.29, 1.82) is 0 Å². The lowest BCUT2D eigenvalue weighted by molar-refractivity contribution is -0.122. The van der Waals surface area contributed by atoms with E-state index >= 15 is 0 Å². The molecule has 6 nitrogen and oxygen atoms in total. The smallest absolute Gasteiger partial charge is 0.237 e. The summed E-state index contributed by atoms with van der Waals surface area (Å²) in [6.45, 7) is 3.79. The van der Waals surface area contributed by atoms with Crippen LogP contribution in [0.5, 0.6) is 5.75 Å². The van der Waals surface area contributed by atoms with Crippen molar-refractivity contribution in [3.63, 3.8) is 0 Å². The molecule has 1 radical (unpaired) electrons. The number of H-pyrrole nitrogens is 1. The van der Waals surface area contributed by atoms with Gasteiger partial charge in [0.05, 0.1) is 18.3 Å². The maximum absolute atomic E-state index is 11.9. The lowest BCUT2D eigenvalue weighted by Gasteiger charge is -2.12. The number of hydrogen-bond donors (Lipinski definition) is 3. The maximum atomic E-state index is 11.9. The van der Waals surface area contributed by atoms with Crippen LogP contribution in [0.15, 0.2) is 24.4 Å². The molecular formula is C17H21N4O2. The number of aryl methyl sites for hydroxylation is 1. The van der Waals surface area contributed by atoms with Crippen molar-refractivity contribution in [3.8, 4) is 16.9 Å². The molecule has 1 aromatic carbocycles. The van der Waals surface area contributed by atoms with Crippen LogP contribution in [0.1, 0.15) is 18.5 Å². The molecule has 1 aliphatic rings. The second-order valence-corrected chi connectivity index (χ2v) is 5.63. The van der Waals surface area contributed by atoms with Gasteiger partial charge in [0, 0.05) is 11.8 Å². The van der Waals surface area contributed by atoms with Crippen molar-refractivity contribution in [2.75, 3.05) is 19.7 Å². The van der Waals surface area contributed by atoms with Crippen molar-refractivity contribution in [2.24, 2.45) is 0 Å². The first-order valence-corrected chi connectivity index (χ1v) is 7.90. The van der Waals surface area contributed by atoms with E-state index < -0.39 is 0 Å². The molecule has 3 N–H and O–H groups in total. The Morgan fingerprint density at radius 3 is 3.17 bits per heavy atom. The second kappa shape index (κ2) is 7.28. The summed E-state index contributed by atoms with van der Waals surface area (Å²) in [5, 5.41) is 13.0. The number of ether oxygens (including phenoxy) is 1. The molecule has 6 heteroatoms. The molecular weight excluding hydrogens is 292 g/mol. The van der Waals surface area contributed by atoms with E-state index in [1.807, 2.05) is 25.3 Å². The standard InChI is InChI=1S/C17H21N4O2/c1-12-15(11-20-21-12)13-4-2-5-14(10-13)23-9-8-19-17(22)16-6-3-7-18-16/h4-5,10-11,16,18H,3,6-9H2,1H3,(H,19,22)(H,20,21)/t16-/m1/s1. The van der Waals surface area contributed by atoms with Gasteiger partial charge in [-0.05, 0) is 56.1 Å². The molecule has 121 valence electrons. The number of benzene rings is 1. The van der Waals surface area contributed by atoms with Gasteiger partial charge in [0.1, 0.15) is 12.4 Å². The van der Waals surface area contributed by atoms with Crippen LogP contribution in [0.4, 0.5) is 0 Å². The Kier molecular flexibility index (Phi) is 4.92. The van der Waals surface area contributed by atoms with Gasteiger partial charge in [0.2, 0.25) is 5.91 Å². The van der Waals surface area contributed by atoms with Crippen LogP contribution in [0.3, 0.4) is 0 Å². The van der Waals surface area contributed by atoms with Gasteiger partial charge < -0.3 is 15.4 Å². The molecule has 2 aromatic rings. The van der Waals surface area contributed by atoms with E-state index in [0.717, 1.165) is 42.0 Å². The molecule has 1 aromatic heterocycles. The minimum atomic E-state index is -0.0456. The van der Waals surface area contributed by atoms with Gasteiger partial charge in [-0.3, -0.25) is 9.89 Å². The number of aromatic amines is 1. The van der Waals surface area contributed by atoms with Crippen LogP contribution in [0.2, 0.25) is 0 Å². The number of amides is 1. The molecule has 1 amide bonds. The predicted octanol–water partition coefficient (Wildman–Crippen LogP) is 1.43. The van der Waals surface area contributed by atoms with Crippen LogP contribution >= 0.6 is 0 Å². The average Bonchev–Trinajstić information content (AvgIpc) is 3.23. The SMILES string of the molecule is Cc1n[nH]cc1-c1c[c]cc(OCCNC(=O)[C@H]2CCCN2)c1. The van der Waals surface area contributed by atoms with Gasteiger partial charge in [-0.1, -0.05) is 0 Å². The minimum absolute atomic E-state index is 0.0456. The van der Waals surface area contributed by atoms with Gasteiger partial charge in [0.15, 0.2) is 0 Å². The van der Waals surface area contributed by atoms with E-state index in [4.69, 9.17) is 4.74 Å². The van der Waals surface area contributed by atoms with Gasteiger partial charge in [-0.25, -0.2) is 0 Å². The summed E-state index contributed by atoms with van der Waals surface area (Å²) in [5.74, 6) is 0.789. The third-order valence-corrected chi connectivity index (χ3v) is 3.95. The van der Waals surface area contributed by atoms with Crippen LogP contribution in [-0.4, -0.2) is 41.8 Å². The van der Waals surface area contributed by atoms with Crippen molar-refractivity contribution in [1.82, 2.24) is 20.8 Å². The van der Waals surface area contributed by atoms with Crippen LogP contribution in [0.25, 0.3) is 11.1 Å². The molecule has 1 atom stereocenters. The molecule has 0 spiro atoms. The molecule has 1 saturated heterocycles. The Balaban J connectivity index is 1.49. The fourth-order valence-electron chi connectivity index (χ4n) is 2.71. The fourth-order valence-corrected chi connectivity index (χ4v) is 2.71. The summed E-state index contributed by atoms with van der Waals surface area (Å²) in [6.07, 6.45) is 3.83. The summed E-state index contributed by atoms with van der Waals surface area (Å²) in [6, 6.07) is 8.67. The topological polar surface area (TPSA) is 79.0 Å². The van der Waals surface area contributed by atoms with E-state index in [-0.39, 0.29) is 11.9 Å². The minimum Gasteiger partial charge on any atom is -0.492 e. The first kappa shape index (κ1) is 15.6. The van der Waals surface area contributed by atoms with Crippen LogP contribution < -0.4 is 15.4 Å². The Morgan fingerprint density at radius 1 is 1.52 bits per heavy atom. The summed E-state index contributed by atoms with van der Waals surface area (Å²) < 4.78 is 5.70. The van der Waals surface area contributed by atoms with Gasteiger partial charge in [-0.2, -0.15) is 5.10 Å². The molecule has 0 aliphatic carbocycles. The zero-order chi connectivity index (χ0) is 16.1. The number of carbonyl (C=O) groups is 1. The van der Waals surface area contributed by atoms with Gasteiger partial charge in [0.25, 0.3) is 0 Å². The molecule has 0 unspecified atom stereocenters. The monoisotopic (exact) mass is 313 g/mol. The Hall–Kier alpha value is -2.34. The summed E-state index contributed by atoms with van der Waals surface area (Å²) in [4.78, 5) is 11.9. The zero-order valence-electron chi connectivity index (χ0n) is 13.2. The van der Waals surface area contributed by atoms with E-state index in [0.29, 0.717) is 13.2 Å². The van der Waals surface area contributed by atoms with E-state index in [9.17, 15) is 4.79 Å².